The number of carbonyl (C=O) groups excluding carboxylic acids is 1. The minimum absolute atomic E-state index is 0.404. The number of nitrogens with one attached hydrogen (secondary N) is 1. The number of carboxylic acids is 1. The van der Waals surface area contributed by atoms with E-state index >= 15 is 0 Å². The molecule has 1 aromatic carbocycles. The van der Waals surface area contributed by atoms with Gasteiger partial charge in [0.25, 0.3) is 0 Å². The van der Waals surface area contributed by atoms with Gasteiger partial charge in [-0.15, -0.1) is 0 Å². The summed E-state index contributed by atoms with van der Waals surface area (Å²) in [5, 5.41) is 11.5. The van der Waals surface area contributed by atoms with Crippen LogP contribution in [0.3, 0.4) is 0 Å². The number of halogens is 1. The summed E-state index contributed by atoms with van der Waals surface area (Å²) in [6, 6.07) is 2.04. The molecule has 0 aromatic heterocycles. The van der Waals surface area contributed by atoms with Crippen molar-refractivity contribution in [2.45, 2.75) is 13.0 Å². The quantitative estimate of drug-likeness (QED) is 0.877. The zero-order valence-electron chi connectivity index (χ0n) is 10.1. The molecule has 2 rings (SSSR count). The fourth-order valence-electron chi connectivity index (χ4n) is 1.79. The lowest BCUT2D eigenvalue weighted by atomic mass is 10.1. The summed E-state index contributed by atoms with van der Waals surface area (Å²) in [5.74, 6) is -0.550. The molecule has 0 saturated heterocycles. The van der Waals surface area contributed by atoms with Crippen LogP contribution in [0.4, 0.5) is 0 Å². The molecule has 2 N–H and O–H groups in total. The number of rotatable bonds is 3. The number of carboxylic acid groups (broad SMARTS) is 1. The first-order valence-corrected chi connectivity index (χ1v) is 6.37. The molecule has 1 atom stereocenters. The number of benzene rings is 1. The van der Waals surface area contributed by atoms with Crippen LogP contribution in [0.5, 0.6) is 11.5 Å². The Labute approximate surface area is 117 Å². The number of amides is 1. The lowest BCUT2D eigenvalue weighted by Crippen LogP contribution is -2.32. The molecule has 0 fully saturated rings. The van der Waals surface area contributed by atoms with Gasteiger partial charge in [0.05, 0.1) is 4.47 Å². The van der Waals surface area contributed by atoms with Gasteiger partial charge in [-0.05, 0) is 33.6 Å². The Kier molecular flexibility index (Phi) is 3.94. The highest BCUT2D eigenvalue weighted by molar-refractivity contribution is 9.10. The van der Waals surface area contributed by atoms with Gasteiger partial charge in [0.2, 0.25) is 5.91 Å². The van der Waals surface area contributed by atoms with E-state index in [1.165, 1.54) is 6.92 Å². The second-order valence-electron chi connectivity index (χ2n) is 4.00. The van der Waals surface area contributed by atoms with E-state index < -0.39 is 17.9 Å². The third-order valence-corrected chi connectivity index (χ3v) is 3.14. The molecule has 7 heteroatoms. The molecule has 1 amide bonds. The molecule has 0 aliphatic carbocycles. The third kappa shape index (κ3) is 2.98. The van der Waals surface area contributed by atoms with E-state index in [4.69, 9.17) is 14.6 Å². The summed E-state index contributed by atoms with van der Waals surface area (Å²) >= 11 is 3.31. The Bertz CT molecular complexity index is 531. The fraction of sp³-hybridized carbons (Fsp3) is 0.333. The highest BCUT2D eigenvalue weighted by Gasteiger charge is 2.25. The fourth-order valence-corrected chi connectivity index (χ4v) is 2.36. The molecule has 1 unspecified atom stereocenters. The van der Waals surface area contributed by atoms with E-state index in [1.807, 2.05) is 0 Å². The van der Waals surface area contributed by atoms with Crippen molar-refractivity contribution in [3.05, 3.63) is 22.2 Å². The Balaban J connectivity index is 2.40. The van der Waals surface area contributed by atoms with Gasteiger partial charge < -0.3 is 19.9 Å². The van der Waals surface area contributed by atoms with Gasteiger partial charge in [0.15, 0.2) is 17.5 Å². The van der Waals surface area contributed by atoms with E-state index in [9.17, 15) is 9.59 Å². The SMILES string of the molecule is CC(=O)NC(C(=O)O)c1cc(Br)c2c(c1)OCCO2. The minimum atomic E-state index is -1.14. The van der Waals surface area contributed by atoms with E-state index in [1.54, 1.807) is 12.1 Å². The number of fused-ring (bicyclic) bond motifs is 1. The summed E-state index contributed by atoms with van der Waals surface area (Å²) < 4.78 is 11.4. The third-order valence-electron chi connectivity index (χ3n) is 2.55. The molecule has 19 heavy (non-hydrogen) atoms. The van der Waals surface area contributed by atoms with Crippen molar-refractivity contribution in [1.82, 2.24) is 5.32 Å². The molecule has 0 spiro atoms. The Morgan fingerprint density at radius 1 is 1.37 bits per heavy atom. The lowest BCUT2D eigenvalue weighted by Gasteiger charge is -2.22. The molecule has 0 bridgehead atoms. The first kappa shape index (κ1) is 13.7. The van der Waals surface area contributed by atoms with Crippen LogP contribution in [-0.2, 0) is 9.59 Å². The van der Waals surface area contributed by atoms with Gasteiger partial charge in [-0.1, -0.05) is 0 Å². The maximum atomic E-state index is 11.2. The smallest absolute Gasteiger partial charge is 0.330 e. The maximum Gasteiger partial charge on any atom is 0.330 e. The number of hydrogen-bond donors (Lipinski definition) is 2. The number of ether oxygens (including phenoxy) is 2. The van der Waals surface area contributed by atoms with Gasteiger partial charge in [0, 0.05) is 6.92 Å². The summed E-state index contributed by atoms with van der Waals surface area (Å²) in [6.45, 7) is 2.11. The van der Waals surface area contributed by atoms with Crippen molar-refractivity contribution in [1.29, 1.82) is 0 Å². The van der Waals surface area contributed by atoms with Crippen molar-refractivity contribution in [3.8, 4) is 11.5 Å². The molecule has 0 radical (unpaired) electrons. The molecule has 102 valence electrons. The zero-order valence-corrected chi connectivity index (χ0v) is 11.7. The Hall–Kier alpha value is -1.76. The van der Waals surface area contributed by atoms with Crippen LogP contribution in [-0.4, -0.2) is 30.2 Å². The summed E-state index contributed by atoms with van der Waals surface area (Å²) in [4.78, 5) is 22.3. The van der Waals surface area contributed by atoms with Crippen molar-refractivity contribution in [2.75, 3.05) is 13.2 Å². The van der Waals surface area contributed by atoms with Crippen LogP contribution in [0.25, 0.3) is 0 Å². The lowest BCUT2D eigenvalue weighted by molar-refractivity contribution is -0.141. The molecule has 1 aromatic rings. The van der Waals surface area contributed by atoms with Gasteiger partial charge >= 0.3 is 5.97 Å². The zero-order chi connectivity index (χ0) is 14.0. The number of aliphatic carboxylic acids is 1. The van der Waals surface area contributed by atoms with Crippen LogP contribution in [0.1, 0.15) is 18.5 Å². The predicted molar refractivity (Wildman–Crippen MR) is 69.3 cm³/mol. The molecular weight excluding hydrogens is 318 g/mol. The first-order valence-electron chi connectivity index (χ1n) is 5.58. The Morgan fingerprint density at radius 3 is 2.68 bits per heavy atom. The van der Waals surface area contributed by atoms with E-state index in [-0.39, 0.29) is 0 Å². The average molecular weight is 330 g/mol. The van der Waals surface area contributed by atoms with Crippen LogP contribution in [0.15, 0.2) is 16.6 Å². The molecule has 0 saturated carbocycles. The standard InChI is InChI=1S/C12H12BrNO5/c1-6(15)14-10(12(16)17)7-4-8(13)11-9(5-7)18-2-3-19-11/h4-5,10H,2-3H2,1H3,(H,14,15)(H,16,17). The van der Waals surface area contributed by atoms with E-state index in [2.05, 4.69) is 21.2 Å². The van der Waals surface area contributed by atoms with Crippen molar-refractivity contribution < 1.29 is 24.2 Å². The van der Waals surface area contributed by atoms with E-state index in [0.717, 1.165) is 0 Å². The van der Waals surface area contributed by atoms with Gasteiger partial charge in [-0.25, -0.2) is 4.79 Å². The van der Waals surface area contributed by atoms with Crippen LogP contribution < -0.4 is 14.8 Å². The molecule has 1 aliphatic heterocycles. The predicted octanol–water partition coefficient (Wildman–Crippen LogP) is 1.48. The molecule has 1 aliphatic rings. The van der Waals surface area contributed by atoms with Crippen LogP contribution in [0, 0.1) is 0 Å². The molecule has 1 heterocycles. The number of hydrogen-bond acceptors (Lipinski definition) is 4. The second-order valence-corrected chi connectivity index (χ2v) is 4.85. The van der Waals surface area contributed by atoms with Crippen LogP contribution >= 0.6 is 15.9 Å². The summed E-state index contributed by atoms with van der Waals surface area (Å²) in [5.41, 5.74) is 0.416. The average Bonchev–Trinajstić information content (AvgIpc) is 2.35. The van der Waals surface area contributed by atoms with Gasteiger partial charge in [0.1, 0.15) is 13.2 Å². The van der Waals surface area contributed by atoms with Gasteiger partial charge in [-0.2, -0.15) is 0 Å². The Morgan fingerprint density at radius 2 is 2.05 bits per heavy atom. The summed E-state index contributed by atoms with van der Waals surface area (Å²) in [7, 11) is 0. The van der Waals surface area contributed by atoms with Crippen molar-refractivity contribution in [3.63, 3.8) is 0 Å². The molecule has 6 nitrogen and oxygen atoms in total. The topological polar surface area (TPSA) is 84.9 Å². The van der Waals surface area contributed by atoms with Crippen molar-refractivity contribution >= 4 is 27.8 Å². The number of carbonyl (C=O) groups is 2. The van der Waals surface area contributed by atoms with Crippen LogP contribution in [0.2, 0.25) is 0 Å². The van der Waals surface area contributed by atoms with Crippen molar-refractivity contribution in [2.24, 2.45) is 0 Å². The normalized spacial score (nSPS) is 14.6. The monoisotopic (exact) mass is 329 g/mol. The summed E-state index contributed by atoms with van der Waals surface area (Å²) in [6.07, 6.45) is 0. The highest BCUT2D eigenvalue weighted by Crippen LogP contribution is 2.39. The molecular formula is C12H12BrNO5. The van der Waals surface area contributed by atoms with E-state index in [0.29, 0.717) is 34.7 Å². The first-order chi connectivity index (χ1) is 8.99. The highest BCUT2D eigenvalue weighted by atomic mass is 79.9. The minimum Gasteiger partial charge on any atom is -0.486 e. The van der Waals surface area contributed by atoms with Gasteiger partial charge in [-0.3, -0.25) is 4.79 Å². The second kappa shape index (κ2) is 5.48. The largest absolute Gasteiger partial charge is 0.486 e. The maximum absolute atomic E-state index is 11.2.